The number of amides is 1. The number of halogens is 3. The quantitative estimate of drug-likeness (QED) is 0.857. The molecule has 0 atom stereocenters. The Morgan fingerprint density at radius 1 is 1.09 bits per heavy atom. The smallest absolute Gasteiger partial charge is 0.257 e. The van der Waals surface area contributed by atoms with Crippen LogP contribution in [0, 0.1) is 17.5 Å². The predicted octanol–water partition coefficient (Wildman–Crippen LogP) is 2.41. The summed E-state index contributed by atoms with van der Waals surface area (Å²) in [5.74, 6) is -3.60. The zero-order chi connectivity index (χ0) is 16.8. The fourth-order valence-corrected chi connectivity index (χ4v) is 1.86. The summed E-state index contributed by atoms with van der Waals surface area (Å²) >= 11 is 0. The molecule has 0 aliphatic carbocycles. The highest BCUT2D eigenvalue weighted by atomic mass is 19.1. The van der Waals surface area contributed by atoms with E-state index in [1.807, 2.05) is 0 Å². The van der Waals surface area contributed by atoms with E-state index in [9.17, 15) is 18.0 Å². The van der Waals surface area contributed by atoms with Crippen molar-refractivity contribution in [1.82, 2.24) is 5.32 Å². The molecular weight excluding hydrogens is 311 g/mol. The van der Waals surface area contributed by atoms with E-state index < -0.39 is 28.9 Å². The molecule has 0 aliphatic rings. The number of carbonyl (C=O) groups excluding carboxylic acids is 1. The van der Waals surface area contributed by atoms with E-state index in [0.717, 1.165) is 12.1 Å². The van der Waals surface area contributed by atoms with Gasteiger partial charge in [0.05, 0.1) is 6.61 Å². The van der Waals surface area contributed by atoms with E-state index in [1.54, 1.807) is 0 Å². The number of benzene rings is 2. The van der Waals surface area contributed by atoms with Crippen molar-refractivity contribution in [3.63, 3.8) is 0 Å². The first-order valence-electron chi connectivity index (χ1n) is 6.76. The number of carbonyl (C=O) groups is 1. The molecule has 0 radical (unpaired) electrons. The summed E-state index contributed by atoms with van der Waals surface area (Å²) in [6, 6.07) is 7.24. The van der Waals surface area contributed by atoms with Gasteiger partial charge in [-0.1, -0.05) is 12.1 Å². The van der Waals surface area contributed by atoms with Gasteiger partial charge < -0.3 is 15.2 Å². The molecular formula is C16H14F3NO3. The summed E-state index contributed by atoms with van der Waals surface area (Å²) in [4.78, 5) is 11.6. The Hall–Kier alpha value is -2.54. The van der Waals surface area contributed by atoms with Crippen LogP contribution in [0.5, 0.6) is 5.75 Å². The number of rotatable bonds is 6. The van der Waals surface area contributed by atoms with Crippen LogP contribution in [0.2, 0.25) is 0 Å². The summed E-state index contributed by atoms with van der Waals surface area (Å²) in [5.41, 5.74) is -0.121. The molecule has 7 heteroatoms. The van der Waals surface area contributed by atoms with E-state index in [0.29, 0.717) is 5.56 Å². The average molecular weight is 325 g/mol. The van der Waals surface area contributed by atoms with Gasteiger partial charge in [-0.05, 0) is 17.7 Å². The Morgan fingerprint density at radius 3 is 2.26 bits per heavy atom. The summed E-state index contributed by atoms with van der Waals surface area (Å²) in [5, 5.41) is 10.8. The number of hydrogen-bond donors (Lipinski definition) is 2. The maximum atomic E-state index is 13.9. The molecule has 2 N–H and O–H groups in total. The predicted molar refractivity (Wildman–Crippen MR) is 76.5 cm³/mol. The van der Waals surface area contributed by atoms with Gasteiger partial charge >= 0.3 is 0 Å². The van der Waals surface area contributed by atoms with Crippen molar-refractivity contribution in [2.75, 3.05) is 13.2 Å². The van der Waals surface area contributed by atoms with E-state index >= 15 is 0 Å². The second kappa shape index (κ2) is 7.64. The van der Waals surface area contributed by atoms with Crippen LogP contribution >= 0.6 is 0 Å². The van der Waals surface area contributed by atoms with Crippen molar-refractivity contribution < 1.29 is 27.8 Å². The van der Waals surface area contributed by atoms with E-state index in [2.05, 4.69) is 5.32 Å². The van der Waals surface area contributed by atoms with Crippen LogP contribution in [-0.2, 0) is 6.61 Å². The molecule has 122 valence electrons. The highest BCUT2D eigenvalue weighted by Gasteiger charge is 2.19. The molecule has 0 aliphatic heterocycles. The van der Waals surface area contributed by atoms with Gasteiger partial charge in [-0.25, -0.2) is 13.2 Å². The second-order valence-electron chi connectivity index (χ2n) is 4.66. The number of aliphatic hydroxyl groups is 1. The molecule has 4 nitrogen and oxygen atoms in total. The molecule has 1 amide bonds. The lowest BCUT2D eigenvalue weighted by molar-refractivity contribution is 0.0936. The molecule has 0 aromatic heterocycles. The maximum absolute atomic E-state index is 13.9. The first-order chi connectivity index (χ1) is 11.0. The highest BCUT2D eigenvalue weighted by molar-refractivity contribution is 5.94. The molecule has 0 spiro atoms. The van der Waals surface area contributed by atoms with Crippen LogP contribution in [0.1, 0.15) is 15.9 Å². The van der Waals surface area contributed by atoms with Crippen molar-refractivity contribution in [2.45, 2.75) is 6.61 Å². The zero-order valence-corrected chi connectivity index (χ0v) is 12.0. The van der Waals surface area contributed by atoms with Crippen LogP contribution in [0.3, 0.4) is 0 Å². The number of hydrogen-bond acceptors (Lipinski definition) is 3. The van der Waals surface area contributed by atoms with Crippen molar-refractivity contribution >= 4 is 5.91 Å². The Kier molecular flexibility index (Phi) is 5.59. The third-order valence-electron chi connectivity index (χ3n) is 2.96. The van der Waals surface area contributed by atoms with E-state index in [4.69, 9.17) is 9.84 Å². The minimum Gasteiger partial charge on any atom is -0.489 e. The Morgan fingerprint density at radius 2 is 1.70 bits per heavy atom. The van der Waals surface area contributed by atoms with Crippen LogP contribution in [0.15, 0.2) is 36.4 Å². The van der Waals surface area contributed by atoms with Gasteiger partial charge in [-0.15, -0.1) is 0 Å². The van der Waals surface area contributed by atoms with Gasteiger partial charge in [0.15, 0.2) is 0 Å². The summed E-state index contributed by atoms with van der Waals surface area (Å²) in [6.07, 6.45) is 0. The number of aliphatic hydroxyl groups excluding tert-OH is 1. The molecule has 2 aromatic rings. The van der Waals surface area contributed by atoms with Crippen molar-refractivity contribution in [2.24, 2.45) is 0 Å². The Bertz CT molecular complexity index is 666. The van der Waals surface area contributed by atoms with Gasteiger partial charge in [-0.3, -0.25) is 4.79 Å². The minimum atomic E-state index is -1.07. The molecule has 0 bridgehead atoms. The third-order valence-corrected chi connectivity index (χ3v) is 2.96. The number of ether oxygens (including phenoxy) is 1. The molecule has 2 aromatic carbocycles. The Balaban J connectivity index is 2.09. The van der Waals surface area contributed by atoms with Crippen LogP contribution < -0.4 is 10.1 Å². The van der Waals surface area contributed by atoms with Crippen LogP contribution in [0.25, 0.3) is 0 Å². The fourth-order valence-electron chi connectivity index (χ4n) is 1.86. The normalized spacial score (nSPS) is 10.4. The standard InChI is InChI=1S/C16H14F3NO3/c17-11-3-1-10(2-4-11)9-23-12-7-13(18)15(14(19)8-12)16(22)20-5-6-21/h1-4,7-8,21H,5-6,9H2,(H,20,22). The first kappa shape index (κ1) is 16.8. The Labute approximate surface area is 130 Å². The van der Waals surface area contributed by atoms with Crippen LogP contribution in [0.4, 0.5) is 13.2 Å². The zero-order valence-electron chi connectivity index (χ0n) is 12.0. The topological polar surface area (TPSA) is 58.6 Å². The van der Waals surface area contributed by atoms with Crippen molar-refractivity contribution in [3.05, 3.63) is 65.0 Å². The molecule has 2 rings (SSSR count). The monoisotopic (exact) mass is 325 g/mol. The van der Waals surface area contributed by atoms with Gasteiger partial charge in [0.1, 0.15) is 35.4 Å². The van der Waals surface area contributed by atoms with Gasteiger partial charge in [0.2, 0.25) is 0 Å². The summed E-state index contributed by atoms with van der Waals surface area (Å²) in [6.45, 7) is -0.455. The molecule has 0 fully saturated rings. The molecule has 0 saturated heterocycles. The largest absolute Gasteiger partial charge is 0.489 e. The second-order valence-corrected chi connectivity index (χ2v) is 4.66. The molecule has 0 heterocycles. The fraction of sp³-hybridized carbons (Fsp3) is 0.188. The van der Waals surface area contributed by atoms with Gasteiger partial charge in [0.25, 0.3) is 5.91 Å². The van der Waals surface area contributed by atoms with E-state index in [-0.39, 0.29) is 25.5 Å². The summed E-state index contributed by atoms with van der Waals surface area (Å²) in [7, 11) is 0. The lowest BCUT2D eigenvalue weighted by Crippen LogP contribution is -2.28. The van der Waals surface area contributed by atoms with Crippen LogP contribution in [-0.4, -0.2) is 24.2 Å². The third kappa shape index (κ3) is 4.46. The average Bonchev–Trinajstić information content (AvgIpc) is 2.51. The maximum Gasteiger partial charge on any atom is 0.257 e. The SMILES string of the molecule is O=C(NCCO)c1c(F)cc(OCc2ccc(F)cc2)cc1F. The lowest BCUT2D eigenvalue weighted by atomic mass is 10.1. The molecule has 0 saturated carbocycles. The summed E-state index contributed by atoms with van der Waals surface area (Å²) < 4.78 is 45.8. The van der Waals surface area contributed by atoms with Gasteiger partial charge in [0, 0.05) is 18.7 Å². The highest BCUT2D eigenvalue weighted by Crippen LogP contribution is 2.21. The first-order valence-corrected chi connectivity index (χ1v) is 6.76. The van der Waals surface area contributed by atoms with E-state index in [1.165, 1.54) is 24.3 Å². The van der Waals surface area contributed by atoms with Gasteiger partial charge in [-0.2, -0.15) is 0 Å². The lowest BCUT2D eigenvalue weighted by Gasteiger charge is -2.10. The molecule has 23 heavy (non-hydrogen) atoms. The minimum absolute atomic E-state index is 0.00475. The van der Waals surface area contributed by atoms with Crippen molar-refractivity contribution in [3.8, 4) is 5.75 Å². The van der Waals surface area contributed by atoms with Crippen molar-refractivity contribution in [1.29, 1.82) is 0 Å². The molecule has 0 unspecified atom stereocenters. The number of nitrogens with one attached hydrogen (secondary N) is 1.